The molecular formula is C28H24N2O. The molecule has 152 valence electrons. The van der Waals surface area contributed by atoms with Gasteiger partial charge in [-0.25, -0.2) is 5.01 Å². The lowest BCUT2D eigenvalue weighted by Gasteiger charge is -2.19. The summed E-state index contributed by atoms with van der Waals surface area (Å²) >= 11 is 0. The number of hydrogen-bond donors (Lipinski definition) is 0. The Morgan fingerprint density at radius 2 is 1.13 bits per heavy atom. The molecule has 0 bridgehead atoms. The van der Waals surface area contributed by atoms with Crippen LogP contribution in [0.1, 0.15) is 11.1 Å². The number of methoxy groups -OCH3 is 1. The second kappa shape index (κ2) is 10.1. The van der Waals surface area contributed by atoms with Crippen molar-refractivity contribution in [1.82, 2.24) is 0 Å². The van der Waals surface area contributed by atoms with Gasteiger partial charge in [-0.05, 0) is 59.2 Å². The minimum absolute atomic E-state index is 0.837. The van der Waals surface area contributed by atoms with Crippen LogP contribution in [0.2, 0.25) is 0 Å². The lowest BCUT2D eigenvalue weighted by Crippen LogP contribution is -2.08. The number of hydrogen-bond acceptors (Lipinski definition) is 3. The lowest BCUT2D eigenvalue weighted by atomic mass is 9.98. The van der Waals surface area contributed by atoms with Gasteiger partial charge in [0.2, 0.25) is 0 Å². The number of ether oxygens (including phenoxy) is 1. The standard InChI is InChI=1S/C28H24N2O/c1-31-27-19-17-24(18-20-27)28(23-11-5-2-6-12-23)21-22-29-30(25-13-7-3-8-14-25)26-15-9-4-10-16-26/h2-22H,1H3/b28-21+,29-22+. The Kier molecular flexibility index (Phi) is 6.56. The topological polar surface area (TPSA) is 24.8 Å². The van der Waals surface area contributed by atoms with Crippen molar-refractivity contribution >= 4 is 23.2 Å². The van der Waals surface area contributed by atoms with Crippen LogP contribution in [-0.2, 0) is 0 Å². The van der Waals surface area contributed by atoms with Crippen LogP contribution in [0.3, 0.4) is 0 Å². The summed E-state index contributed by atoms with van der Waals surface area (Å²) in [6.07, 6.45) is 3.91. The number of benzene rings is 4. The Bertz CT molecular complexity index is 1100. The predicted octanol–water partition coefficient (Wildman–Crippen LogP) is 6.95. The van der Waals surface area contributed by atoms with Crippen molar-refractivity contribution in [1.29, 1.82) is 0 Å². The molecular weight excluding hydrogens is 380 g/mol. The number of anilines is 2. The predicted molar refractivity (Wildman–Crippen MR) is 130 cm³/mol. The Labute approximate surface area is 183 Å². The van der Waals surface area contributed by atoms with Gasteiger partial charge in [0.25, 0.3) is 0 Å². The summed E-state index contributed by atoms with van der Waals surface area (Å²) in [5.41, 5.74) is 5.33. The third kappa shape index (κ3) is 5.09. The molecule has 0 spiro atoms. The lowest BCUT2D eigenvalue weighted by molar-refractivity contribution is 0.415. The summed E-state index contributed by atoms with van der Waals surface area (Å²) in [5, 5.41) is 6.73. The number of nitrogens with zero attached hydrogens (tertiary/aromatic N) is 2. The molecule has 0 aliphatic carbocycles. The minimum atomic E-state index is 0.837. The zero-order chi connectivity index (χ0) is 21.3. The maximum absolute atomic E-state index is 5.31. The van der Waals surface area contributed by atoms with E-state index in [0.29, 0.717) is 0 Å². The van der Waals surface area contributed by atoms with Crippen LogP contribution in [0.15, 0.2) is 126 Å². The van der Waals surface area contributed by atoms with E-state index in [1.165, 1.54) is 0 Å². The Morgan fingerprint density at radius 1 is 0.645 bits per heavy atom. The quantitative estimate of drug-likeness (QED) is 0.246. The summed E-state index contributed by atoms with van der Waals surface area (Å²) < 4.78 is 5.31. The molecule has 0 fully saturated rings. The molecule has 0 aliphatic rings. The van der Waals surface area contributed by atoms with Crippen molar-refractivity contribution in [3.8, 4) is 5.75 Å². The molecule has 0 heterocycles. The highest BCUT2D eigenvalue weighted by Gasteiger charge is 2.07. The highest BCUT2D eigenvalue weighted by Crippen LogP contribution is 2.27. The van der Waals surface area contributed by atoms with Crippen molar-refractivity contribution in [3.05, 3.63) is 132 Å². The summed E-state index contributed by atoms with van der Waals surface area (Å²) in [5.74, 6) is 0.837. The molecule has 0 saturated heterocycles. The summed E-state index contributed by atoms with van der Waals surface area (Å²) in [6.45, 7) is 0. The van der Waals surface area contributed by atoms with Gasteiger partial charge in [-0.15, -0.1) is 0 Å². The van der Waals surface area contributed by atoms with Crippen molar-refractivity contribution in [2.24, 2.45) is 5.10 Å². The third-order valence-electron chi connectivity index (χ3n) is 4.91. The molecule has 3 heteroatoms. The number of allylic oxidation sites excluding steroid dienone is 1. The molecule has 4 aromatic rings. The van der Waals surface area contributed by atoms with Gasteiger partial charge < -0.3 is 4.74 Å². The first-order valence-corrected chi connectivity index (χ1v) is 10.2. The Morgan fingerprint density at radius 3 is 1.65 bits per heavy atom. The van der Waals surface area contributed by atoms with Crippen molar-refractivity contribution in [2.45, 2.75) is 0 Å². The maximum Gasteiger partial charge on any atom is 0.118 e. The second-order valence-corrected chi connectivity index (χ2v) is 6.92. The summed E-state index contributed by atoms with van der Waals surface area (Å²) in [6, 6.07) is 38.7. The van der Waals surface area contributed by atoms with E-state index in [9.17, 15) is 0 Å². The van der Waals surface area contributed by atoms with Gasteiger partial charge in [0.1, 0.15) is 5.75 Å². The van der Waals surface area contributed by atoms with Crippen LogP contribution in [0, 0.1) is 0 Å². The largest absolute Gasteiger partial charge is 0.497 e. The Balaban J connectivity index is 1.72. The van der Waals surface area contributed by atoms with Gasteiger partial charge in [0.15, 0.2) is 0 Å². The molecule has 0 atom stereocenters. The van der Waals surface area contributed by atoms with Crippen molar-refractivity contribution in [3.63, 3.8) is 0 Å². The molecule has 3 nitrogen and oxygen atoms in total. The average molecular weight is 405 g/mol. The molecule has 0 aliphatic heterocycles. The van der Waals surface area contributed by atoms with Crippen molar-refractivity contribution < 1.29 is 4.74 Å². The smallest absolute Gasteiger partial charge is 0.118 e. The van der Waals surface area contributed by atoms with Crippen LogP contribution >= 0.6 is 0 Å². The first kappa shape index (κ1) is 20.2. The molecule has 0 unspecified atom stereocenters. The normalized spacial score (nSPS) is 11.5. The highest BCUT2D eigenvalue weighted by molar-refractivity contribution is 5.92. The molecule has 0 saturated carbocycles. The van der Waals surface area contributed by atoms with Gasteiger partial charge in [-0.3, -0.25) is 0 Å². The van der Waals surface area contributed by atoms with Gasteiger partial charge in [-0.1, -0.05) is 78.9 Å². The fraction of sp³-hybridized carbons (Fsp3) is 0.0357. The van der Waals surface area contributed by atoms with Crippen LogP contribution in [0.4, 0.5) is 11.4 Å². The second-order valence-electron chi connectivity index (χ2n) is 6.92. The van der Waals surface area contributed by atoms with Crippen LogP contribution < -0.4 is 9.75 Å². The first-order valence-electron chi connectivity index (χ1n) is 10.2. The van der Waals surface area contributed by atoms with Gasteiger partial charge in [0.05, 0.1) is 18.5 Å². The number of hydrazone groups is 1. The van der Waals surface area contributed by atoms with Crippen LogP contribution in [-0.4, -0.2) is 13.3 Å². The monoisotopic (exact) mass is 404 g/mol. The molecule has 0 N–H and O–H groups in total. The minimum Gasteiger partial charge on any atom is -0.497 e. The fourth-order valence-electron chi connectivity index (χ4n) is 3.34. The molecule has 0 radical (unpaired) electrons. The molecule has 0 aromatic heterocycles. The van der Waals surface area contributed by atoms with E-state index in [0.717, 1.165) is 33.8 Å². The molecule has 4 rings (SSSR count). The molecule has 4 aromatic carbocycles. The van der Waals surface area contributed by atoms with Crippen LogP contribution in [0.25, 0.3) is 5.57 Å². The zero-order valence-electron chi connectivity index (χ0n) is 17.4. The van der Waals surface area contributed by atoms with Crippen molar-refractivity contribution in [2.75, 3.05) is 12.1 Å². The average Bonchev–Trinajstić information content (AvgIpc) is 2.86. The van der Waals surface area contributed by atoms with Crippen LogP contribution in [0.5, 0.6) is 5.75 Å². The third-order valence-corrected chi connectivity index (χ3v) is 4.91. The summed E-state index contributed by atoms with van der Waals surface area (Å²) in [7, 11) is 1.68. The van der Waals surface area contributed by atoms with Gasteiger partial charge in [0, 0.05) is 6.21 Å². The molecule has 0 amide bonds. The highest BCUT2D eigenvalue weighted by atomic mass is 16.5. The van der Waals surface area contributed by atoms with E-state index >= 15 is 0 Å². The SMILES string of the molecule is COc1ccc(/C(=C/C=N/N(c2ccccc2)c2ccccc2)c2ccccc2)cc1. The number of rotatable bonds is 7. The van der Waals surface area contributed by atoms with E-state index in [-0.39, 0.29) is 0 Å². The summed E-state index contributed by atoms with van der Waals surface area (Å²) in [4.78, 5) is 0. The number of para-hydroxylation sites is 2. The Hall–Kier alpha value is -4.11. The molecule has 31 heavy (non-hydrogen) atoms. The van der Waals surface area contributed by atoms with E-state index in [1.807, 2.05) is 78.0 Å². The first-order chi connectivity index (χ1) is 15.3. The zero-order valence-corrected chi connectivity index (χ0v) is 17.4. The van der Waals surface area contributed by atoms with E-state index in [2.05, 4.69) is 54.6 Å². The van der Waals surface area contributed by atoms with E-state index < -0.39 is 0 Å². The maximum atomic E-state index is 5.31. The fourth-order valence-corrected chi connectivity index (χ4v) is 3.34. The van der Waals surface area contributed by atoms with Gasteiger partial charge in [-0.2, -0.15) is 5.10 Å². The van der Waals surface area contributed by atoms with E-state index in [1.54, 1.807) is 7.11 Å². The van der Waals surface area contributed by atoms with E-state index in [4.69, 9.17) is 9.84 Å². The van der Waals surface area contributed by atoms with Gasteiger partial charge >= 0.3 is 0 Å².